The minimum absolute atomic E-state index is 0. The van der Waals surface area contributed by atoms with E-state index in [-0.39, 0.29) is 244 Å². The van der Waals surface area contributed by atoms with Crippen LogP contribution in [0.2, 0.25) is 0 Å². The average molecular weight is 6970 g/mol. The van der Waals surface area contributed by atoms with Gasteiger partial charge in [0.1, 0.15) is 0 Å². The van der Waals surface area contributed by atoms with Crippen LogP contribution in [0.3, 0.4) is 0 Å². The molecule has 0 saturated carbocycles. The summed E-state index contributed by atoms with van der Waals surface area (Å²) >= 11 is 50.1. The van der Waals surface area contributed by atoms with Gasteiger partial charge in [0.15, 0.2) is 0 Å². The van der Waals surface area contributed by atoms with Gasteiger partial charge in [-0.1, -0.05) is 0 Å². The number of allylic oxidation sites excluding steroid dienone is 15. The SMILES string of the molecule is C[C-]=C1C(=O)N(C)C([C-]=[W])=C[C]1=[W].C[C-]=C1C=NC([C-]=[W])=C[C]1=[W].C[C-]=C1[C](=[W])C=C([C-]=[W])N(C)S1(=O)=O.C[C-]=C1[C](=[W])C=C([C-]=[W])N(C)S1=O.[CH3-].[CH3-].[CH3-].[CH3-].[CH3-].[CH3-].[CH3-].[CH3-].[CH3-].[CH3-].[CH3-].[CH3-].[CH3-].[CH3-].[CH3-].[CH3-].[CH3-].[CH3-].[CH3-].[CH3-].[CH3-].[CH3-].[CH3-].[CH3-].[CH3-].[CH3-].[CH3-].[CH3-].[CH3-].[CH3-].[CH3-].[CH3-].[W]=[W].[W]=[W].[W]=[W].[W]=[W].[W]=[W].[W]=[W].[W]=[W].[W]=[W].[W]=[W].[W]=[W].[W]=[W].[W]=[W]. The van der Waals surface area contributed by atoms with Crippen LogP contribution in [0.1, 0.15) is 27.7 Å². The maximum atomic E-state index is 11.9. The first-order valence-corrected chi connectivity index (χ1v) is 162. The number of carbonyl (C=O) groups excluding carboxylic acids is 1. The first kappa shape index (κ1) is 293. The summed E-state index contributed by atoms with van der Waals surface area (Å²) in [6.07, 6.45) is 21.5. The van der Waals surface area contributed by atoms with E-state index in [2.05, 4.69) is 53.0 Å². The minimum atomic E-state index is -3.36. The molecular weight excluding hydrogens is 6850 g/mol. The Labute approximate surface area is 1000 Å². The summed E-state index contributed by atoms with van der Waals surface area (Å²) in [5.41, 5.74) is 5.22. The topological polar surface area (TPSA) is 90.4 Å². The summed E-state index contributed by atoms with van der Waals surface area (Å²) in [7, 11) is 0.686. The number of likely N-dealkylation sites (N-methyl/N-ethyl adjacent to an activating group) is 1. The first-order valence-electron chi connectivity index (χ1n) is 15.7. The van der Waals surface area contributed by atoms with E-state index >= 15 is 0 Å². The molecule has 107 heavy (non-hydrogen) atoms. The molecule has 0 radical (unpaired) electrons. The van der Waals surface area contributed by atoms with Crippen LogP contribution < -0.4 is 0 Å². The van der Waals surface area contributed by atoms with Crippen LogP contribution in [-0.2, 0) is 570 Å². The van der Waals surface area contributed by atoms with Gasteiger partial charge in [0.05, 0.1) is 0 Å². The van der Waals surface area contributed by atoms with Crippen LogP contribution in [0.15, 0.2) is 73.0 Å². The average Bonchev–Trinajstić information content (AvgIpc) is 3.48. The molecule has 0 saturated heterocycles. The molecule has 1 unspecified atom stereocenters. The monoisotopic (exact) mass is 6970 g/mol. The van der Waals surface area contributed by atoms with Crippen LogP contribution in [0, 0.1) is 262 Å². The van der Waals surface area contributed by atoms with Gasteiger partial charge in [0.2, 0.25) is 0 Å². The number of carbonyl (C=O) groups is 1. The van der Waals surface area contributed by atoms with Crippen molar-refractivity contribution in [3.8, 4) is 0 Å². The van der Waals surface area contributed by atoms with E-state index in [0.29, 0.717) is 16.2 Å². The Hall–Kier alpha value is 17.7. The molecule has 0 aromatic heterocycles. The fourth-order valence-corrected chi connectivity index (χ4v) is 14.2. The Morgan fingerprint density at radius 2 is 0.607 bits per heavy atom. The molecule has 4 rings (SSSR count). The van der Waals surface area contributed by atoms with Gasteiger partial charge >= 0.3 is 788 Å². The molecule has 4 aliphatic heterocycles. The molecule has 4 heterocycles. The first-order chi connectivity index (χ1) is 35.9. The second-order valence-electron chi connectivity index (χ2n) is 9.27. The van der Waals surface area contributed by atoms with Crippen LogP contribution in [0.4, 0.5) is 0 Å². The van der Waals surface area contributed by atoms with E-state index in [0.717, 1.165) is 78.0 Å². The van der Waals surface area contributed by atoms with Crippen molar-refractivity contribution in [1.29, 1.82) is 0 Å². The number of hydrogen-bond acceptors (Lipinski definition) is 5. The Morgan fingerprint density at radius 1 is 0.346 bits per heavy atom. The Bertz CT molecular complexity index is 2150. The van der Waals surface area contributed by atoms with Gasteiger partial charge in [-0.25, -0.2) is 0 Å². The van der Waals surface area contributed by atoms with Crippen LogP contribution in [0.25, 0.3) is 0 Å². The van der Waals surface area contributed by atoms with E-state index in [1.165, 1.54) is 131 Å². The number of nitrogens with zero attached hydrogens (tertiary/aromatic N) is 4. The van der Waals surface area contributed by atoms with Crippen molar-refractivity contribution in [3.05, 3.63) is 330 Å². The maximum absolute atomic E-state index is 11.9. The zero-order valence-corrected chi connectivity index (χ0v) is 165. The molecule has 1 amide bonds. The van der Waals surface area contributed by atoms with E-state index in [1.54, 1.807) is 426 Å². The standard InChI is InChI=1S/C9H7NO.C8H7NO2S.C8H7NOS.C8H5N.32CH3.32W/c1-4-8-6-5-7(2)10(3)9(8)11;1-4-8-6-5-7(2)9(3)12(8,10)11;1-4-8-6-5-7(2)9(3)11(8)10;1-3-8-5-4-7(2)9-6-8;;;;;;;;;;;;;;;;;;;;;;;;;;;;;;;;;;;;;;;;;;;;;;;;;;;;;;;;;;;;;;;;/h5H,1,3H3;5H,1,3H3;5H,1,3H3;4,6H,1H3;32*1H3;;;;;;;;;;;;;;;;;;;;;;;;;;;;;;;;/q4*-2;32*-1;;;;;;;;;;;;;;;;;;;;;;;;;;;;;;;;. The summed E-state index contributed by atoms with van der Waals surface area (Å²) in [6.45, 7) is 7.10. The van der Waals surface area contributed by atoms with Crippen LogP contribution >= 0.6 is 0 Å². The van der Waals surface area contributed by atoms with Crippen LogP contribution in [0.5, 0.6) is 0 Å². The van der Waals surface area contributed by atoms with Crippen molar-refractivity contribution in [2.24, 2.45) is 4.99 Å². The Balaban J connectivity index is -0.00000000984. The van der Waals surface area contributed by atoms with E-state index < -0.39 is 21.0 Å². The summed E-state index contributed by atoms with van der Waals surface area (Å²) in [5, 5.41) is 0. The Morgan fingerprint density at radius 3 is 0.822 bits per heavy atom. The molecule has 0 N–H and O–H groups in total. The fourth-order valence-electron chi connectivity index (χ4n) is 3.60. The molecule has 1 atom stereocenters. The van der Waals surface area contributed by atoms with E-state index in [1.807, 2.05) is 38.4 Å². The second-order valence-corrected chi connectivity index (χ2v) is 21.9. The summed E-state index contributed by atoms with van der Waals surface area (Å²) in [4.78, 5) is 18.6. The summed E-state index contributed by atoms with van der Waals surface area (Å²) in [5.74, 6) is 0.0266. The van der Waals surface area contributed by atoms with Crippen LogP contribution in [-0.4, -0.2) is 92.6 Å². The van der Waals surface area contributed by atoms with Crippen molar-refractivity contribution >= 4 is 66.3 Å². The van der Waals surface area contributed by atoms with Crippen molar-refractivity contribution < 1.29 is 562 Å². The molecule has 8 nitrogen and oxygen atoms in total. The van der Waals surface area contributed by atoms with Crippen molar-refractivity contribution in [2.75, 3.05) is 21.1 Å². The number of aliphatic imine (C=N–C) groups is 1. The van der Waals surface area contributed by atoms with Gasteiger partial charge < -0.3 is 238 Å². The van der Waals surface area contributed by atoms with Gasteiger partial charge in [0, 0.05) is 0 Å². The van der Waals surface area contributed by atoms with Gasteiger partial charge in [-0.3, -0.25) is 0 Å². The van der Waals surface area contributed by atoms with Gasteiger partial charge in [-0.2, -0.15) is 0 Å². The summed E-state index contributed by atoms with van der Waals surface area (Å²) in [6, 6.07) is 0. The summed E-state index contributed by atoms with van der Waals surface area (Å²) < 4.78 is 54.9. The molecule has 0 spiro atoms. The fraction of sp³-hybridized carbons (Fsp3) is 0.108. The predicted octanol–water partition coefficient (Wildman–Crippen LogP) is 15.0. The number of hydrogen-bond donors (Lipinski definition) is 0. The zero-order chi connectivity index (χ0) is 63.2. The molecular formula is C65H122N4O4S2W32-40. The third-order valence-corrected chi connectivity index (χ3v) is 18.4. The number of amides is 1. The molecule has 0 aliphatic carbocycles. The normalized spacial score (nSPS) is 11.3. The molecule has 0 bridgehead atoms. The van der Waals surface area contributed by atoms with Gasteiger partial charge in [0.25, 0.3) is 0 Å². The third kappa shape index (κ3) is 150. The molecule has 670 valence electrons. The molecule has 0 fully saturated rings. The number of rotatable bonds is 4. The van der Waals surface area contributed by atoms with Crippen molar-refractivity contribution in [2.45, 2.75) is 27.7 Å². The van der Waals surface area contributed by atoms with E-state index in [4.69, 9.17) is 0 Å². The van der Waals surface area contributed by atoms with Gasteiger partial charge in [-0.05, 0) is 0 Å². The predicted molar refractivity (Wildman–Crippen MR) is 381 cm³/mol. The van der Waals surface area contributed by atoms with Gasteiger partial charge in [-0.15, -0.1) is 0 Å². The third-order valence-electron chi connectivity index (χ3n) is 6.36. The van der Waals surface area contributed by atoms with Crippen molar-refractivity contribution in [3.63, 3.8) is 0 Å². The second kappa shape index (κ2) is 237. The number of sulfonamides is 1. The molecule has 4 aliphatic rings. The molecule has 42 heteroatoms. The quantitative estimate of drug-likeness (QED) is 0.207. The zero-order valence-electron chi connectivity index (χ0n) is 69.7. The Kier molecular flexibility index (Phi) is 648. The molecule has 0 aromatic carbocycles. The van der Waals surface area contributed by atoms with Crippen molar-refractivity contribution in [1.82, 2.24) is 13.5 Å². The molecule has 0 aromatic rings. The van der Waals surface area contributed by atoms with E-state index in [9.17, 15) is 17.4 Å².